The van der Waals surface area contributed by atoms with E-state index < -0.39 is 0 Å². The molecule has 0 unspecified atom stereocenters. The molecule has 0 fully saturated rings. The molecule has 0 bridgehead atoms. The summed E-state index contributed by atoms with van der Waals surface area (Å²) >= 11 is 0. The first-order valence-corrected chi connectivity index (χ1v) is 9.59. The van der Waals surface area contributed by atoms with Gasteiger partial charge in [-0.25, -0.2) is 0 Å². The van der Waals surface area contributed by atoms with Crippen LogP contribution < -0.4 is 4.74 Å². The molecule has 3 aromatic carbocycles. The normalized spacial score (nSPS) is 18.5. The van der Waals surface area contributed by atoms with Crippen molar-refractivity contribution in [3.05, 3.63) is 100 Å². The summed E-state index contributed by atoms with van der Waals surface area (Å²) in [5, 5.41) is 4.60. The van der Waals surface area contributed by atoms with Crippen molar-refractivity contribution in [2.45, 2.75) is 32.8 Å². The number of rotatable bonds is 4. The number of oxime groups is 1. The summed E-state index contributed by atoms with van der Waals surface area (Å²) in [6, 6.07) is 23.0. The van der Waals surface area contributed by atoms with Gasteiger partial charge in [0.2, 0.25) is 0 Å². The number of hydrogen-bond acceptors (Lipinski definition) is 3. The summed E-state index contributed by atoms with van der Waals surface area (Å²) in [6.07, 6.45) is -0.164. The van der Waals surface area contributed by atoms with E-state index >= 15 is 0 Å². The van der Waals surface area contributed by atoms with E-state index in [0.29, 0.717) is 0 Å². The lowest BCUT2D eigenvalue weighted by Gasteiger charge is -2.22. The van der Waals surface area contributed by atoms with E-state index in [4.69, 9.17) is 9.57 Å². The van der Waals surface area contributed by atoms with Crippen LogP contribution >= 0.6 is 0 Å². The minimum Gasteiger partial charge on any atom is -0.497 e. The van der Waals surface area contributed by atoms with Crippen LogP contribution in [0.5, 0.6) is 5.75 Å². The van der Waals surface area contributed by atoms with Gasteiger partial charge in [0.25, 0.3) is 0 Å². The van der Waals surface area contributed by atoms with Gasteiger partial charge in [-0.2, -0.15) is 0 Å². The van der Waals surface area contributed by atoms with Crippen LogP contribution in [-0.4, -0.2) is 12.8 Å². The summed E-state index contributed by atoms with van der Waals surface area (Å²) in [6.45, 7) is 6.44. The van der Waals surface area contributed by atoms with E-state index in [1.807, 2.05) is 18.2 Å². The van der Waals surface area contributed by atoms with Gasteiger partial charge >= 0.3 is 0 Å². The van der Waals surface area contributed by atoms with Gasteiger partial charge in [-0.3, -0.25) is 0 Å². The summed E-state index contributed by atoms with van der Waals surface area (Å²) in [7, 11) is 1.68. The molecule has 4 rings (SSSR count). The second-order valence-corrected chi connectivity index (χ2v) is 7.44. The molecule has 2 atom stereocenters. The third-order valence-corrected chi connectivity index (χ3v) is 5.40. The SMILES string of the molecule is COc1ccc([C@H]2ON=C(c3c(C)cc(C)cc3C)[C@@H]2c2ccccc2)cc1. The van der Waals surface area contributed by atoms with E-state index in [1.54, 1.807) is 7.11 Å². The van der Waals surface area contributed by atoms with Gasteiger partial charge in [-0.1, -0.05) is 65.3 Å². The van der Waals surface area contributed by atoms with E-state index in [-0.39, 0.29) is 12.0 Å². The average Bonchev–Trinajstić information content (AvgIpc) is 3.12. The third kappa shape index (κ3) is 3.29. The first-order chi connectivity index (χ1) is 13.6. The zero-order valence-corrected chi connectivity index (χ0v) is 16.8. The fourth-order valence-corrected chi connectivity index (χ4v) is 4.20. The highest BCUT2D eigenvalue weighted by molar-refractivity contribution is 6.08. The van der Waals surface area contributed by atoms with Crippen LogP contribution in [0.2, 0.25) is 0 Å². The van der Waals surface area contributed by atoms with Crippen molar-refractivity contribution in [2.24, 2.45) is 5.16 Å². The Kier molecular flexibility index (Phi) is 4.91. The molecule has 0 aliphatic carbocycles. The van der Waals surface area contributed by atoms with E-state index in [1.165, 1.54) is 27.8 Å². The Morgan fingerprint density at radius 1 is 0.821 bits per heavy atom. The Morgan fingerprint density at radius 2 is 1.46 bits per heavy atom. The van der Waals surface area contributed by atoms with Gasteiger partial charge in [-0.05, 0) is 55.2 Å². The van der Waals surface area contributed by atoms with Crippen molar-refractivity contribution < 1.29 is 9.57 Å². The zero-order chi connectivity index (χ0) is 19.7. The van der Waals surface area contributed by atoms with Crippen LogP contribution in [-0.2, 0) is 4.84 Å². The van der Waals surface area contributed by atoms with Crippen molar-refractivity contribution in [1.82, 2.24) is 0 Å². The molecule has 0 saturated heterocycles. The molecule has 142 valence electrons. The maximum absolute atomic E-state index is 6.03. The third-order valence-electron chi connectivity index (χ3n) is 5.40. The quantitative estimate of drug-likeness (QED) is 0.573. The lowest BCUT2D eigenvalue weighted by Crippen LogP contribution is -2.18. The molecule has 1 aliphatic heterocycles. The van der Waals surface area contributed by atoms with Crippen LogP contribution in [0.25, 0.3) is 0 Å². The minimum absolute atomic E-state index is 0.0368. The lowest BCUT2D eigenvalue weighted by atomic mass is 9.81. The first kappa shape index (κ1) is 18.3. The molecular formula is C25H25NO2. The molecular weight excluding hydrogens is 346 g/mol. The smallest absolute Gasteiger partial charge is 0.165 e. The highest BCUT2D eigenvalue weighted by Gasteiger charge is 2.38. The average molecular weight is 371 g/mol. The highest BCUT2D eigenvalue weighted by Crippen LogP contribution is 2.43. The van der Waals surface area contributed by atoms with Crippen molar-refractivity contribution >= 4 is 5.71 Å². The van der Waals surface area contributed by atoms with Crippen molar-refractivity contribution in [3.63, 3.8) is 0 Å². The molecule has 0 radical (unpaired) electrons. The summed E-state index contributed by atoms with van der Waals surface area (Å²) < 4.78 is 5.31. The van der Waals surface area contributed by atoms with E-state index in [0.717, 1.165) is 17.0 Å². The fraction of sp³-hybridized carbons (Fsp3) is 0.240. The summed E-state index contributed by atoms with van der Waals surface area (Å²) in [5.74, 6) is 0.874. The Morgan fingerprint density at radius 3 is 2.07 bits per heavy atom. The molecule has 0 aromatic heterocycles. The van der Waals surface area contributed by atoms with Gasteiger partial charge < -0.3 is 9.57 Å². The predicted octanol–water partition coefficient (Wildman–Crippen LogP) is 5.88. The standard InChI is InChI=1S/C25H25NO2/c1-16-14-17(2)22(18(3)15-16)24-23(19-8-6-5-7-9-19)25(28-26-24)20-10-12-21(27-4)13-11-20/h5-15,23,25H,1-4H3/t23-,25+/m0/s1. The van der Waals surface area contributed by atoms with Gasteiger partial charge in [-0.15, -0.1) is 0 Å². The van der Waals surface area contributed by atoms with Crippen LogP contribution in [0.3, 0.4) is 0 Å². The zero-order valence-electron chi connectivity index (χ0n) is 16.8. The number of benzene rings is 3. The molecule has 0 N–H and O–H groups in total. The van der Waals surface area contributed by atoms with Crippen molar-refractivity contribution in [1.29, 1.82) is 0 Å². The Bertz CT molecular complexity index is 983. The number of methoxy groups -OCH3 is 1. The Balaban J connectivity index is 1.81. The van der Waals surface area contributed by atoms with E-state index in [9.17, 15) is 0 Å². The maximum atomic E-state index is 6.03. The Hall–Kier alpha value is -3.07. The molecule has 28 heavy (non-hydrogen) atoms. The largest absolute Gasteiger partial charge is 0.497 e. The number of aryl methyl sites for hydroxylation is 3. The molecule has 3 aromatic rings. The van der Waals surface area contributed by atoms with Crippen molar-refractivity contribution in [3.8, 4) is 5.75 Å². The Labute approximate surface area is 166 Å². The van der Waals surface area contributed by atoms with Gasteiger partial charge in [0, 0.05) is 5.56 Å². The summed E-state index contributed by atoms with van der Waals surface area (Å²) in [4.78, 5) is 6.03. The molecule has 1 heterocycles. The minimum atomic E-state index is -0.164. The van der Waals surface area contributed by atoms with Crippen molar-refractivity contribution in [2.75, 3.05) is 7.11 Å². The number of hydrogen-bond donors (Lipinski definition) is 0. The van der Waals surface area contributed by atoms with Crippen LogP contribution in [0.15, 0.2) is 71.9 Å². The molecule has 1 aliphatic rings. The molecule has 0 spiro atoms. The highest BCUT2D eigenvalue weighted by atomic mass is 16.6. The first-order valence-electron chi connectivity index (χ1n) is 9.59. The molecule has 0 saturated carbocycles. The molecule has 3 heteroatoms. The van der Waals surface area contributed by atoms with Crippen LogP contribution in [0, 0.1) is 20.8 Å². The molecule has 0 amide bonds. The lowest BCUT2D eigenvalue weighted by molar-refractivity contribution is 0.0762. The second-order valence-electron chi connectivity index (χ2n) is 7.44. The number of nitrogens with zero attached hydrogens (tertiary/aromatic N) is 1. The van der Waals surface area contributed by atoms with Gasteiger partial charge in [0.1, 0.15) is 5.75 Å². The monoisotopic (exact) mass is 371 g/mol. The van der Waals surface area contributed by atoms with E-state index in [2.05, 4.69) is 74.5 Å². The molecule has 3 nitrogen and oxygen atoms in total. The van der Waals surface area contributed by atoms with Gasteiger partial charge in [0.15, 0.2) is 6.10 Å². The number of ether oxygens (including phenoxy) is 1. The topological polar surface area (TPSA) is 30.8 Å². The van der Waals surface area contributed by atoms with Gasteiger partial charge in [0.05, 0.1) is 18.7 Å². The van der Waals surface area contributed by atoms with Crippen LogP contribution in [0.1, 0.15) is 45.4 Å². The maximum Gasteiger partial charge on any atom is 0.165 e. The second kappa shape index (κ2) is 7.51. The predicted molar refractivity (Wildman–Crippen MR) is 113 cm³/mol. The van der Waals surface area contributed by atoms with Crippen LogP contribution in [0.4, 0.5) is 0 Å². The fourth-order valence-electron chi connectivity index (χ4n) is 4.20. The summed E-state index contributed by atoms with van der Waals surface area (Å²) in [5.41, 5.74) is 8.22.